The first-order chi connectivity index (χ1) is 5.04. The Morgan fingerprint density at radius 1 is 1.55 bits per heavy atom. The first kappa shape index (κ1) is 9.90. The van der Waals surface area contributed by atoms with Crippen LogP contribution in [0.25, 0.3) is 0 Å². The fourth-order valence-electron chi connectivity index (χ4n) is 0.416. The fraction of sp³-hybridized carbons (Fsp3) is 0.667. The third kappa shape index (κ3) is 5.35. The lowest BCUT2D eigenvalue weighted by Gasteiger charge is -2.08. The Balaban J connectivity index is 3.39. The third-order valence-electron chi connectivity index (χ3n) is 1.12. The molecule has 0 aliphatic carbocycles. The smallest absolute Gasteiger partial charge is 0.320 e. The van der Waals surface area contributed by atoms with E-state index in [1.165, 1.54) is 13.8 Å². The van der Waals surface area contributed by atoms with Crippen LogP contribution in [0.4, 0.5) is 0 Å². The van der Waals surface area contributed by atoms with E-state index in [9.17, 15) is 9.59 Å². The zero-order valence-corrected chi connectivity index (χ0v) is 6.55. The van der Waals surface area contributed by atoms with Gasteiger partial charge >= 0.3 is 5.97 Å². The van der Waals surface area contributed by atoms with Crippen LogP contribution in [-0.4, -0.2) is 29.7 Å². The second-order valence-corrected chi connectivity index (χ2v) is 2.17. The van der Waals surface area contributed by atoms with Gasteiger partial charge in [-0.15, -0.1) is 0 Å². The maximum atomic E-state index is 10.3. The van der Waals surface area contributed by atoms with Gasteiger partial charge in [-0.1, -0.05) is 0 Å². The molecule has 0 heterocycles. The fourth-order valence-corrected chi connectivity index (χ4v) is 0.416. The van der Waals surface area contributed by atoms with E-state index in [0.29, 0.717) is 0 Å². The molecule has 0 aromatic rings. The summed E-state index contributed by atoms with van der Waals surface area (Å²) in [4.78, 5) is 20.5. The highest BCUT2D eigenvalue weighted by Crippen LogP contribution is 1.77. The molecular formula is C6H12N2O3. The number of hydrogen-bond acceptors (Lipinski definition) is 3. The van der Waals surface area contributed by atoms with Crippen molar-refractivity contribution in [1.29, 1.82) is 0 Å². The molecule has 1 amide bonds. The third-order valence-corrected chi connectivity index (χ3v) is 1.12. The van der Waals surface area contributed by atoms with Gasteiger partial charge in [0, 0.05) is 6.92 Å². The summed E-state index contributed by atoms with van der Waals surface area (Å²) in [5.74, 6) is -1.12. The van der Waals surface area contributed by atoms with Gasteiger partial charge in [0.15, 0.2) is 0 Å². The summed E-state index contributed by atoms with van der Waals surface area (Å²) < 4.78 is 0. The molecule has 3 N–H and O–H groups in total. The van der Waals surface area contributed by atoms with Crippen molar-refractivity contribution < 1.29 is 14.7 Å². The minimum absolute atomic E-state index is 0.183. The van der Waals surface area contributed by atoms with Gasteiger partial charge < -0.3 is 10.4 Å². The molecule has 0 spiro atoms. The molecule has 5 heteroatoms. The number of rotatable bonds is 4. The lowest BCUT2D eigenvalue weighted by Crippen LogP contribution is -2.41. The monoisotopic (exact) mass is 160 g/mol. The standard InChI is InChI=1S/C6H12N2O3/c1-4(6(10)11)7-3-8-5(2)9/h4,7H,3H2,1-2H3,(H,8,9)(H,10,11). The number of carboxylic acid groups (broad SMARTS) is 1. The van der Waals surface area contributed by atoms with Crippen molar-refractivity contribution in [2.24, 2.45) is 0 Å². The van der Waals surface area contributed by atoms with Crippen molar-refractivity contribution in [2.75, 3.05) is 6.67 Å². The first-order valence-corrected chi connectivity index (χ1v) is 3.24. The Labute approximate surface area is 64.8 Å². The van der Waals surface area contributed by atoms with Crippen LogP contribution in [0.1, 0.15) is 13.8 Å². The average Bonchev–Trinajstić information content (AvgIpc) is 1.86. The van der Waals surface area contributed by atoms with Gasteiger partial charge in [0.25, 0.3) is 0 Å². The Bertz CT molecular complexity index is 158. The second-order valence-electron chi connectivity index (χ2n) is 2.17. The molecule has 1 unspecified atom stereocenters. The Kier molecular flexibility index (Phi) is 4.21. The zero-order chi connectivity index (χ0) is 8.85. The number of carbonyl (C=O) groups excluding carboxylic acids is 1. The van der Waals surface area contributed by atoms with E-state index >= 15 is 0 Å². The van der Waals surface area contributed by atoms with Gasteiger partial charge in [0.05, 0.1) is 6.67 Å². The van der Waals surface area contributed by atoms with Crippen molar-refractivity contribution >= 4 is 11.9 Å². The Morgan fingerprint density at radius 3 is 2.45 bits per heavy atom. The summed E-state index contributed by atoms with van der Waals surface area (Å²) >= 11 is 0. The quantitative estimate of drug-likeness (QED) is 0.468. The molecule has 0 rings (SSSR count). The van der Waals surface area contributed by atoms with Crippen molar-refractivity contribution in [1.82, 2.24) is 10.6 Å². The van der Waals surface area contributed by atoms with E-state index < -0.39 is 12.0 Å². The lowest BCUT2D eigenvalue weighted by molar-refractivity contribution is -0.139. The number of carboxylic acids is 1. The van der Waals surface area contributed by atoms with Crippen molar-refractivity contribution in [3.05, 3.63) is 0 Å². The molecule has 0 saturated heterocycles. The van der Waals surface area contributed by atoms with Gasteiger partial charge in [0.2, 0.25) is 5.91 Å². The predicted molar refractivity (Wildman–Crippen MR) is 38.9 cm³/mol. The number of amides is 1. The molecule has 0 aromatic carbocycles. The van der Waals surface area contributed by atoms with Crippen molar-refractivity contribution in [2.45, 2.75) is 19.9 Å². The maximum absolute atomic E-state index is 10.3. The molecule has 0 aliphatic heterocycles. The molecule has 1 atom stereocenters. The summed E-state index contributed by atoms with van der Waals surface area (Å²) in [6.07, 6.45) is 0. The SMILES string of the molecule is CC(=O)NCNC(C)C(=O)O. The van der Waals surface area contributed by atoms with Crippen molar-refractivity contribution in [3.8, 4) is 0 Å². The molecule has 0 radical (unpaired) electrons. The largest absolute Gasteiger partial charge is 0.480 e. The van der Waals surface area contributed by atoms with Crippen LogP contribution < -0.4 is 10.6 Å². The average molecular weight is 160 g/mol. The van der Waals surface area contributed by atoms with Crippen LogP contribution in [0.2, 0.25) is 0 Å². The maximum Gasteiger partial charge on any atom is 0.320 e. The highest BCUT2D eigenvalue weighted by atomic mass is 16.4. The van der Waals surface area contributed by atoms with Crippen LogP contribution in [0, 0.1) is 0 Å². The van der Waals surface area contributed by atoms with Crippen LogP contribution >= 0.6 is 0 Å². The summed E-state index contributed by atoms with van der Waals surface area (Å²) in [5.41, 5.74) is 0. The van der Waals surface area contributed by atoms with Gasteiger partial charge in [-0.05, 0) is 6.92 Å². The Hall–Kier alpha value is -1.10. The molecule has 0 saturated carbocycles. The summed E-state index contributed by atoms with van der Waals surface area (Å²) in [5, 5.41) is 13.4. The summed E-state index contributed by atoms with van der Waals surface area (Å²) in [6.45, 7) is 3.06. The number of hydrogen-bond donors (Lipinski definition) is 3. The molecule has 11 heavy (non-hydrogen) atoms. The molecule has 0 fully saturated rings. The van der Waals surface area contributed by atoms with E-state index in [0.717, 1.165) is 0 Å². The number of carbonyl (C=O) groups is 2. The van der Waals surface area contributed by atoms with Gasteiger partial charge in [-0.2, -0.15) is 0 Å². The summed E-state index contributed by atoms with van der Waals surface area (Å²) in [7, 11) is 0. The van der Waals surface area contributed by atoms with Gasteiger partial charge in [-0.3, -0.25) is 14.9 Å². The molecule has 0 aromatic heterocycles. The predicted octanol–water partition coefficient (Wildman–Crippen LogP) is -0.857. The van der Waals surface area contributed by atoms with E-state index in [1.807, 2.05) is 0 Å². The van der Waals surface area contributed by atoms with Gasteiger partial charge in [0.1, 0.15) is 6.04 Å². The molecule has 0 bridgehead atoms. The number of nitrogens with one attached hydrogen (secondary N) is 2. The van der Waals surface area contributed by atoms with Gasteiger partial charge in [-0.25, -0.2) is 0 Å². The topological polar surface area (TPSA) is 78.4 Å². The highest BCUT2D eigenvalue weighted by molar-refractivity contribution is 5.74. The summed E-state index contributed by atoms with van der Waals surface area (Å²) in [6, 6.07) is -0.637. The molecular weight excluding hydrogens is 148 g/mol. The van der Waals surface area contributed by atoms with Crippen LogP contribution in [-0.2, 0) is 9.59 Å². The minimum atomic E-state index is -0.935. The van der Waals surface area contributed by atoms with Crippen LogP contribution in [0.3, 0.4) is 0 Å². The second kappa shape index (κ2) is 4.68. The zero-order valence-electron chi connectivity index (χ0n) is 6.55. The van der Waals surface area contributed by atoms with Crippen LogP contribution in [0.15, 0.2) is 0 Å². The molecule has 5 nitrogen and oxygen atoms in total. The van der Waals surface area contributed by atoms with E-state index in [1.54, 1.807) is 0 Å². The minimum Gasteiger partial charge on any atom is -0.480 e. The van der Waals surface area contributed by atoms with Crippen LogP contribution in [0.5, 0.6) is 0 Å². The van der Waals surface area contributed by atoms with E-state index in [-0.39, 0.29) is 12.6 Å². The molecule has 0 aliphatic rings. The molecule has 64 valence electrons. The highest BCUT2D eigenvalue weighted by Gasteiger charge is 2.08. The normalized spacial score (nSPS) is 12.2. The number of aliphatic carboxylic acids is 1. The first-order valence-electron chi connectivity index (χ1n) is 3.24. The van der Waals surface area contributed by atoms with Crippen molar-refractivity contribution in [3.63, 3.8) is 0 Å². The Morgan fingerprint density at radius 2 is 2.09 bits per heavy atom. The van der Waals surface area contributed by atoms with E-state index in [4.69, 9.17) is 5.11 Å². The lowest BCUT2D eigenvalue weighted by atomic mass is 10.3. The van der Waals surface area contributed by atoms with E-state index in [2.05, 4.69) is 10.6 Å².